The molecule has 6 nitrogen and oxygen atoms in total. The maximum absolute atomic E-state index is 12.8. The van der Waals surface area contributed by atoms with E-state index in [1.54, 1.807) is 0 Å². The van der Waals surface area contributed by atoms with E-state index >= 15 is 0 Å². The summed E-state index contributed by atoms with van der Waals surface area (Å²) >= 11 is 0. The van der Waals surface area contributed by atoms with Gasteiger partial charge in [0.2, 0.25) is 0 Å². The van der Waals surface area contributed by atoms with E-state index in [1.807, 2.05) is 0 Å². The number of unbranched alkanes of at least 4 members (excludes halogenated alkanes) is 29. The van der Waals surface area contributed by atoms with E-state index in [4.69, 9.17) is 14.2 Å². The molecule has 0 bridgehead atoms. The van der Waals surface area contributed by atoms with E-state index in [0.29, 0.717) is 19.3 Å². The van der Waals surface area contributed by atoms with Gasteiger partial charge in [-0.05, 0) is 96.3 Å². The monoisotopic (exact) mass is 989 g/mol. The van der Waals surface area contributed by atoms with Crippen LogP contribution in [0.4, 0.5) is 0 Å². The van der Waals surface area contributed by atoms with Crippen molar-refractivity contribution in [2.75, 3.05) is 13.2 Å². The summed E-state index contributed by atoms with van der Waals surface area (Å²) in [7, 11) is 0. The molecule has 0 N–H and O–H groups in total. The first-order valence-corrected chi connectivity index (χ1v) is 30.1. The van der Waals surface area contributed by atoms with Crippen LogP contribution in [0, 0.1) is 0 Å². The summed E-state index contributed by atoms with van der Waals surface area (Å²) in [4.78, 5) is 37.9. The SMILES string of the molecule is CC/C=C\C/C=C\C/C=C\C/C=C\C/C=C\CCCCCCCCCCCCCC(=O)OCC(COC(=O)CCCCCCC)OC(=O)CCCCCCCCCCC/C=C\C/C=C\CCCCCCC. The Morgan fingerprint density at radius 3 is 0.859 bits per heavy atom. The number of ether oxygens (including phenoxy) is 3. The van der Waals surface area contributed by atoms with Gasteiger partial charge in [-0.15, -0.1) is 0 Å². The number of carbonyl (C=O) groups is 3. The molecule has 1 atom stereocenters. The Morgan fingerprint density at radius 1 is 0.296 bits per heavy atom. The minimum Gasteiger partial charge on any atom is -0.462 e. The number of hydrogen-bond donors (Lipinski definition) is 0. The molecule has 1 unspecified atom stereocenters. The van der Waals surface area contributed by atoms with E-state index in [9.17, 15) is 14.4 Å². The van der Waals surface area contributed by atoms with Crippen molar-refractivity contribution < 1.29 is 28.6 Å². The highest BCUT2D eigenvalue weighted by molar-refractivity contribution is 5.71. The maximum Gasteiger partial charge on any atom is 0.306 e. The zero-order chi connectivity index (χ0) is 51.4. The van der Waals surface area contributed by atoms with Gasteiger partial charge in [-0.1, -0.05) is 260 Å². The standard InChI is InChI=1S/C65H112O6/c1-4-7-10-13-15-17-19-21-23-25-27-29-30-31-32-33-34-36-37-39-41-43-45-47-49-52-55-58-64(67)70-61-62(60-69-63(66)57-54-51-12-9-6-3)71-65(68)59-56-53-50-48-46-44-42-40-38-35-28-26-24-22-20-18-16-14-11-8-5-2/h7,10,15,17,20-23,26-29,31-32,62H,4-6,8-9,11-14,16,18-19,24-25,30,33-61H2,1-3H3/b10-7-,17-15-,22-20-,23-21-,28-26-,29-27-,32-31-. The van der Waals surface area contributed by atoms with Crippen molar-refractivity contribution in [1.82, 2.24) is 0 Å². The zero-order valence-electron chi connectivity index (χ0n) is 46.7. The molecular formula is C65H112O6. The number of rotatable bonds is 54. The second kappa shape index (κ2) is 59.2. The van der Waals surface area contributed by atoms with Crippen molar-refractivity contribution in [2.45, 2.75) is 297 Å². The lowest BCUT2D eigenvalue weighted by Gasteiger charge is -2.18. The molecule has 6 heteroatoms. The molecule has 0 rings (SSSR count). The number of esters is 3. The molecule has 0 heterocycles. The predicted octanol–water partition coefficient (Wildman–Crippen LogP) is 20.3. The topological polar surface area (TPSA) is 78.9 Å². The minimum atomic E-state index is -0.776. The summed E-state index contributed by atoms with van der Waals surface area (Å²) < 4.78 is 16.7. The highest BCUT2D eigenvalue weighted by Gasteiger charge is 2.19. The molecule has 0 radical (unpaired) electrons. The van der Waals surface area contributed by atoms with E-state index in [0.717, 1.165) is 103 Å². The molecule has 71 heavy (non-hydrogen) atoms. The van der Waals surface area contributed by atoms with Crippen LogP contribution >= 0.6 is 0 Å². The van der Waals surface area contributed by atoms with Crippen LogP contribution in [-0.2, 0) is 28.6 Å². The molecule has 408 valence electrons. The first-order chi connectivity index (χ1) is 35.0. The first-order valence-electron chi connectivity index (χ1n) is 30.1. The van der Waals surface area contributed by atoms with Crippen molar-refractivity contribution in [3.63, 3.8) is 0 Å². The van der Waals surface area contributed by atoms with Gasteiger partial charge in [-0.2, -0.15) is 0 Å². The molecule has 0 saturated carbocycles. The molecule has 0 aliphatic heterocycles. The van der Waals surface area contributed by atoms with Gasteiger partial charge in [0.1, 0.15) is 13.2 Å². The van der Waals surface area contributed by atoms with Gasteiger partial charge < -0.3 is 14.2 Å². The predicted molar refractivity (Wildman–Crippen MR) is 307 cm³/mol. The summed E-state index contributed by atoms with van der Waals surface area (Å²) in [5, 5.41) is 0. The van der Waals surface area contributed by atoms with Crippen LogP contribution < -0.4 is 0 Å². The third-order valence-electron chi connectivity index (χ3n) is 12.9. The van der Waals surface area contributed by atoms with Crippen LogP contribution in [0.25, 0.3) is 0 Å². The third kappa shape index (κ3) is 57.4. The van der Waals surface area contributed by atoms with Crippen molar-refractivity contribution in [3.05, 3.63) is 85.1 Å². The van der Waals surface area contributed by atoms with Crippen molar-refractivity contribution in [3.8, 4) is 0 Å². The van der Waals surface area contributed by atoms with Gasteiger partial charge >= 0.3 is 17.9 Å². The van der Waals surface area contributed by atoms with Crippen LogP contribution in [0.15, 0.2) is 85.1 Å². The van der Waals surface area contributed by atoms with Gasteiger partial charge in [-0.25, -0.2) is 0 Å². The molecule has 0 aliphatic carbocycles. The zero-order valence-corrected chi connectivity index (χ0v) is 46.7. The van der Waals surface area contributed by atoms with Crippen LogP contribution in [0.5, 0.6) is 0 Å². The smallest absolute Gasteiger partial charge is 0.306 e. The Labute approximate surface area is 439 Å². The summed E-state index contributed by atoms with van der Waals surface area (Å²) in [5.74, 6) is -0.893. The second-order valence-electron chi connectivity index (χ2n) is 19.9. The lowest BCUT2D eigenvalue weighted by molar-refractivity contribution is -0.167. The van der Waals surface area contributed by atoms with Gasteiger partial charge in [0.15, 0.2) is 6.10 Å². The van der Waals surface area contributed by atoms with Crippen molar-refractivity contribution in [2.24, 2.45) is 0 Å². The number of carbonyl (C=O) groups excluding carboxylic acids is 3. The molecule has 0 fully saturated rings. The Hall–Kier alpha value is -3.41. The van der Waals surface area contributed by atoms with Gasteiger partial charge in [0, 0.05) is 19.3 Å². The first kappa shape index (κ1) is 67.6. The molecule has 0 saturated heterocycles. The average Bonchev–Trinajstić information content (AvgIpc) is 3.37. The molecule has 0 aromatic carbocycles. The Balaban J connectivity index is 4.08. The van der Waals surface area contributed by atoms with E-state index in [1.165, 1.54) is 148 Å². The Bertz CT molecular complexity index is 1370. The van der Waals surface area contributed by atoms with E-state index in [2.05, 4.69) is 106 Å². The molecule has 0 spiro atoms. The Kier molecular flexibility index (Phi) is 56.3. The minimum absolute atomic E-state index is 0.0785. The highest BCUT2D eigenvalue weighted by atomic mass is 16.6. The van der Waals surface area contributed by atoms with E-state index in [-0.39, 0.29) is 31.1 Å². The molecule has 0 aliphatic rings. The fraction of sp³-hybridized carbons (Fsp3) is 0.738. The Morgan fingerprint density at radius 2 is 0.549 bits per heavy atom. The summed E-state index contributed by atoms with van der Waals surface area (Å²) in [6, 6.07) is 0. The normalized spacial score (nSPS) is 12.7. The number of hydrogen-bond acceptors (Lipinski definition) is 6. The van der Waals surface area contributed by atoms with Crippen molar-refractivity contribution >= 4 is 17.9 Å². The van der Waals surface area contributed by atoms with Gasteiger partial charge in [0.05, 0.1) is 0 Å². The van der Waals surface area contributed by atoms with Crippen LogP contribution in [0.2, 0.25) is 0 Å². The lowest BCUT2D eigenvalue weighted by atomic mass is 10.0. The second-order valence-corrected chi connectivity index (χ2v) is 19.9. The lowest BCUT2D eigenvalue weighted by Crippen LogP contribution is -2.30. The van der Waals surface area contributed by atoms with Crippen LogP contribution in [0.3, 0.4) is 0 Å². The highest BCUT2D eigenvalue weighted by Crippen LogP contribution is 2.16. The largest absolute Gasteiger partial charge is 0.462 e. The quantitative estimate of drug-likeness (QED) is 0.0261. The van der Waals surface area contributed by atoms with Crippen molar-refractivity contribution in [1.29, 1.82) is 0 Å². The fourth-order valence-electron chi connectivity index (χ4n) is 8.38. The van der Waals surface area contributed by atoms with Crippen LogP contribution in [-0.4, -0.2) is 37.2 Å². The number of allylic oxidation sites excluding steroid dienone is 14. The summed E-state index contributed by atoms with van der Waals surface area (Å²) in [6.45, 7) is 6.44. The summed E-state index contributed by atoms with van der Waals surface area (Å²) in [5.41, 5.74) is 0. The van der Waals surface area contributed by atoms with Gasteiger partial charge in [0.25, 0.3) is 0 Å². The van der Waals surface area contributed by atoms with E-state index < -0.39 is 6.10 Å². The third-order valence-corrected chi connectivity index (χ3v) is 12.9. The molecule has 0 aromatic heterocycles. The summed E-state index contributed by atoms with van der Waals surface area (Å²) in [6.07, 6.45) is 77.7. The molecule has 0 amide bonds. The van der Waals surface area contributed by atoms with Gasteiger partial charge in [-0.3, -0.25) is 14.4 Å². The molecule has 0 aromatic rings. The fourth-order valence-corrected chi connectivity index (χ4v) is 8.38. The maximum atomic E-state index is 12.8. The molecular weight excluding hydrogens is 877 g/mol. The van der Waals surface area contributed by atoms with Crippen LogP contribution in [0.1, 0.15) is 290 Å². The average molecular weight is 990 g/mol.